The monoisotopic (exact) mass is 324 g/mol. The molecule has 0 aliphatic rings. The highest BCUT2D eigenvalue weighted by atomic mass is 35.5. The maximum atomic E-state index is 6.15. The molecule has 3 nitrogen and oxygen atoms in total. The van der Waals surface area contributed by atoms with Crippen molar-refractivity contribution >= 4 is 23.2 Å². The zero-order valence-electron chi connectivity index (χ0n) is 12.3. The van der Waals surface area contributed by atoms with Gasteiger partial charge in [0.05, 0.1) is 11.2 Å². The lowest BCUT2D eigenvalue weighted by atomic mass is 10.1. The van der Waals surface area contributed by atoms with Crippen LogP contribution in [-0.4, -0.2) is 10.5 Å². The number of hydrogen-bond donors (Lipinski definition) is 1. The molecular formula is C16H18Cl2N2O. The first-order valence-electron chi connectivity index (χ1n) is 6.66. The van der Waals surface area contributed by atoms with Gasteiger partial charge >= 0.3 is 0 Å². The first kappa shape index (κ1) is 16.1. The molecule has 0 spiro atoms. The van der Waals surface area contributed by atoms with Gasteiger partial charge in [-0.25, -0.2) is 0 Å². The summed E-state index contributed by atoms with van der Waals surface area (Å²) in [5.74, 6) is 1.19. The summed E-state index contributed by atoms with van der Waals surface area (Å²) in [4.78, 5) is 4.11. The average molecular weight is 325 g/mol. The molecule has 1 N–H and O–H groups in total. The Labute approximate surface area is 135 Å². The van der Waals surface area contributed by atoms with Crippen molar-refractivity contribution < 1.29 is 4.74 Å². The van der Waals surface area contributed by atoms with Crippen LogP contribution in [0.25, 0.3) is 0 Å². The quantitative estimate of drug-likeness (QED) is 0.852. The summed E-state index contributed by atoms with van der Waals surface area (Å²) in [7, 11) is 0. The van der Waals surface area contributed by atoms with E-state index in [1.54, 1.807) is 30.6 Å². The minimum Gasteiger partial charge on any atom is -0.454 e. The van der Waals surface area contributed by atoms with Crippen LogP contribution >= 0.6 is 23.2 Å². The van der Waals surface area contributed by atoms with Crippen molar-refractivity contribution in [1.29, 1.82) is 0 Å². The van der Waals surface area contributed by atoms with Crippen LogP contribution in [0.15, 0.2) is 36.7 Å². The fraction of sp³-hybridized carbons (Fsp3) is 0.312. The number of nitrogens with one attached hydrogen (secondary N) is 1. The normalized spacial score (nSPS) is 11.5. The molecule has 1 heterocycles. The van der Waals surface area contributed by atoms with Gasteiger partial charge in [-0.1, -0.05) is 29.3 Å². The van der Waals surface area contributed by atoms with Gasteiger partial charge in [-0.05, 0) is 39.0 Å². The minimum atomic E-state index is 0.0221. The van der Waals surface area contributed by atoms with Crippen LogP contribution in [-0.2, 0) is 6.54 Å². The molecule has 112 valence electrons. The first-order valence-corrected chi connectivity index (χ1v) is 7.42. The standard InChI is InChI=1S/C16H18Cl2N2O/c1-16(2,3)20-9-11-7-8-19-10-14(11)21-13-6-4-5-12(17)15(13)18/h4-8,10,20H,9H2,1-3H3. The maximum Gasteiger partial charge on any atom is 0.150 e. The van der Waals surface area contributed by atoms with Crippen molar-refractivity contribution in [1.82, 2.24) is 10.3 Å². The number of ether oxygens (including phenoxy) is 1. The molecule has 21 heavy (non-hydrogen) atoms. The van der Waals surface area contributed by atoms with Gasteiger partial charge in [0.25, 0.3) is 0 Å². The number of nitrogens with zero attached hydrogens (tertiary/aromatic N) is 1. The predicted molar refractivity (Wildman–Crippen MR) is 87.4 cm³/mol. The summed E-state index contributed by atoms with van der Waals surface area (Å²) in [6.45, 7) is 7.02. The molecule has 0 unspecified atom stereocenters. The SMILES string of the molecule is CC(C)(C)NCc1ccncc1Oc1cccc(Cl)c1Cl. The Balaban J connectivity index is 2.22. The number of rotatable bonds is 4. The molecule has 0 aliphatic carbocycles. The van der Waals surface area contributed by atoms with Crippen molar-refractivity contribution in [3.8, 4) is 11.5 Å². The summed E-state index contributed by atoms with van der Waals surface area (Å²) in [5.41, 5.74) is 1.03. The lowest BCUT2D eigenvalue weighted by Gasteiger charge is -2.21. The topological polar surface area (TPSA) is 34.2 Å². The number of benzene rings is 1. The maximum absolute atomic E-state index is 6.15. The van der Waals surface area contributed by atoms with E-state index in [0.717, 1.165) is 5.56 Å². The molecule has 1 aromatic heterocycles. The predicted octanol–water partition coefficient (Wildman–Crippen LogP) is 5.07. The van der Waals surface area contributed by atoms with Gasteiger partial charge in [-0.3, -0.25) is 4.98 Å². The van der Waals surface area contributed by atoms with Gasteiger partial charge in [0.15, 0.2) is 0 Å². The van der Waals surface area contributed by atoms with Gasteiger partial charge in [0.2, 0.25) is 0 Å². The van der Waals surface area contributed by atoms with Gasteiger partial charge < -0.3 is 10.1 Å². The van der Waals surface area contributed by atoms with Crippen molar-refractivity contribution in [2.24, 2.45) is 0 Å². The molecule has 0 fully saturated rings. The molecule has 2 aromatic rings. The van der Waals surface area contributed by atoms with E-state index < -0.39 is 0 Å². The van der Waals surface area contributed by atoms with Crippen molar-refractivity contribution in [2.45, 2.75) is 32.9 Å². The Hall–Kier alpha value is -1.29. The van der Waals surface area contributed by atoms with Crippen LogP contribution in [0.1, 0.15) is 26.3 Å². The van der Waals surface area contributed by atoms with Gasteiger partial charge in [0.1, 0.15) is 16.5 Å². The van der Waals surface area contributed by atoms with Crippen LogP contribution in [0.2, 0.25) is 10.0 Å². The molecule has 0 bridgehead atoms. The van der Waals surface area contributed by atoms with E-state index in [4.69, 9.17) is 27.9 Å². The van der Waals surface area contributed by atoms with Gasteiger partial charge in [0, 0.05) is 23.8 Å². The third kappa shape index (κ3) is 4.60. The average Bonchev–Trinajstić information content (AvgIpc) is 2.42. The second kappa shape index (κ2) is 6.65. The molecule has 0 amide bonds. The van der Waals surface area contributed by atoms with Crippen LogP contribution < -0.4 is 10.1 Å². The van der Waals surface area contributed by atoms with E-state index in [9.17, 15) is 0 Å². The Bertz CT molecular complexity index is 624. The molecule has 0 atom stereocenters. The van der Waals surface area contributed by atoms with E-state index in [1.165, 1.54) is 0 Å². The highest BCUT2D eigenvalue weighted by Gasteiger charge is 2.13. The largest absolute Gasteiger partial charge is 0.454 e. The van der Waals surface area contributed by atoms with Gasteiger partial charge in [-0.15, -0.1) is 0 Å². The highest BCUT2D eigenvalue weighted by Crippen LogP contribution is 2.35. The summed E-state index contributed by atoms with van der Waals surface area (Å²) in [6.07, 6.45) is 3.42. The van der Waals surface area contributed by atoms with E-state index in [2.05, 4.69) is 31.1 Å². The molecule has 1 aromatic carbocycles. The minimum absolute atomic E-state index is 0.0221. The molecule has 0 aliphatic heterocycles. The van der Waals surface area contributed by atoms with E-state index in [-0.39, 0.29) is 5.54 Å². The zero-order chi connectivity index (χ0) is 15.5. The Morgan fingerprint density at radius 2 is 1.90 bits per heavy atom. The lowest BCUT2D eigenvalue weighted by molar-refractivity contribution is 0.413. The third-order valence-electron chi connectivity index (χ3n) is 2.82. The van der Waals surface area contributed by atoms with Crippen LogP contribution in [0.3, 0.4) is 0 Å². The van der Waals surface area contributed by atoms with Crippen molar-refractivity contribution in [3.63, 3.8) is 0 Å². The van der Waals surface area contributed by atoms with Crippen LogP contribution in [0, 0.1) is 0 Å². The Kier molecular flexibility index (Phi) is 5.09. The number of hydrogen-bond acceptors (Lipinski definition) is 3. The fourth-order valence-electron chi connectivity index (χ4n) is 1.69. The van der Waals surface area contributed by atoms with Crippen molar-refractivity contribution in [3.05, 3.63) is 52.3 Å². The van der Waals surface area contributed by atoms with Crippen LogP contribution in [0.4, 0.5) is 0 Å². The fourth-order valence-corrected chi connectivity index (χ4v) is 2.02. The molecule has 2 rings (SSSR count). The molecular weight excluding hydrogens is 307 g/mol. The Morgan fingerprint density at radius 3 is 2.62 bits per heavy atom. The number of pyridine rings is 1. The van der Waals surface area contributed by atoms with Crippen LogP contribution in [0.5, 0.6) is 11.5 Å². The van der Waals surface area contributed by atoms with Gasteiger partial charge in [-0.2, -0.15) is 0 Å². The smallest absolute Gasteiger partial charge is 0.150 e. The zero-order valence-corrected chi connectivity index (χ0v) is 13.8. The summed E-state index contributed by atoms with van der Waals surface area (Å²) in [5, 5.41) is 4.29. The van der Waals surface area contributed by atoms with E-state index in [1.807, 2.05) is 6.07 Å². The van der Waals surface area contributed by atoms with E-state index in [0.29, 0.717) is 28.1 Å². The highest BCUT2D eigenvalue weighted by molar-refractivity contribution is 6.42. The summed E-state index contributed by atoms with van der Waals surface area (Å²) >= 11 is 12.2. The number of halogens is 2. The lowest BCUT2D eigenvalue weighted by Crippen LogP contribution is -2.35. The summed E-state index contributed by atoms with van der Waals surface area (Å²) < 4.78 is 5.87. The number of aromatic nitrogens is 1. The third-order valence-corrected chi connectivity index (χ3v) is 3.62. The second-order valence-electron chi connectivity index (χ2n) is 5.74. The molecule has 0 saturated carbocycles. The summed E-state index contributed by atoms with van der Waals surface area (Å²) in [6, 6.07) is 7.23. The molecule has 0 radical (unpaired) electrons. The first-order chi connectivity index (χ1) is 9.87. The van der Waals surface area contributed by atoms with Crippen molar-refractivity contribution in [2.75, 3.05) is 0 Å². The molecule has 0 saturated heterocycles. The second-order valence-corrected chi connectivity index (χ2v) is 6.53. The van der Waals surface area contributed by atoms with E-state index >= 15 is 0 Å². The Morgan fingerprint density at radius 1 is 1.14 bits per heavy atom. The molecule has 5 heteroatoms.